The molecule has 2 rings (SSSR count). The van der Waals surface area contributed by atoms with E-state index in [-0.39, 0.29) is 23.6 Å². The lowest BCUT2D eigenvalue weighted by molar-refractivity contribution is -0.142. The molecule has 0 unspecified atom stereocenters. The van der Waals surface area contributed by atoms with Crippen molar-refractivity contribution in [3.63, 3.8) is 0 Å². The minimum Gasteiger partial charge on any atom is -0.469 e. The Morgan fingerprint density at radius 1 is 1.43 bits per heavy atom. The maximum absolute atomic E-state index is 12.6. The van der Waals surface area contributed by atoms with Gasteiger partial charge < -0.3 is 4.74 Å². The van der Waals surface area contributed by atoms with Gasteiger partial charge in [0.15, 0.2) is 0 Å². The third-order valence-corrected chi connectivity index (χ3v) is 2.59. The van der Waals surface area contributed by atoms with Gasteiger partial charge in [-0.1, -0.05) is 12.1 Å². The van der Waals surface area contributed by atoms with Crippen molar-refractivity contribution in [1.29, 1.82) is 0 Å². The summed E-state index contributed by atoms with van der Waals surface area (Å²) in [4.78, 5) is 11.1. The fraction of sp³-hybridized carbons (Fsp3) is 0.364. The molecule has 0 heterocycles. The van der Waals surface area contributed by atoms with Crippen LogP contribution in [0.1, 0.15) is 17.9 Å². The van der Waals surface area contributed by atoms with Gasteiger partial charge in [0.1, 0.15) is 5.82 Å². The van der Waals surface area contributed by atoms with E-state index in [0.29, 0.717) is 0 Å². The number of hydrogen-bond donors (Lipinski definition) is 0. The summed E-state index contributed by atoms with van der Waals surface area (Å²) in [6.45, 7) is 0. The Bertz CT molecular complexity index is 345. The van der Waals surface area contributed by atoms with E-state index in [1.807, 2.05) is 0 Å². The van der Waals surface area contributed by atoms with Crippen LogP contribution in [-0.2, 0) is 9.53 Å². The first-order valence-electron chi connectivity index (χ1n) is 4.55. The number of carbonyl (C=O) groups excluding carboxylic acids is 1. The van der Waals surface area contributed by atoms with Crippen LogP contribution in [0, 0.1) is 11.7 Å². The molecular formula is C11H11FO2. The zero-order valence-corrected chi connectivity index (χ0v) is 7.87. The maximum atomic E-state index is 12.6. The van der Waals surface area contributed by atoms with E-state index >= 15 is 0 Å². The van der Waals surface area contributed by atoms with Gasteiger partial charge in [-0.2, -0.15) is 0 Å². The minimum atomic E-state index is -0.246. The van der Waals surface area contributed by atoms with E-state index in [1.54, 1.807) is 12.1 Å². The summed E-state index contributed by atoms with van der Waals surface area (Å²) in [5.74, 6) is -0.211. The van der Waals surface area contributed by atoms with Crippen LogP contribution in [-0.4, -0.2) is 13.1 Å². The van der Waals surface area contributed by atoms with E-state index in [2.05, 4.69) is 4.74 Å². The molecule has 0 aliphatic heterocycles. The Morgan fingerprint density at radius 2 is 2.07 bits per heavy atom. The number of carbonyl (C=O) groups is 1. The number of methoxy groups -OCH3 is 1. The number of halogens is 1. The molecular weight excluding hydrogens is 183 g/mol. The lowest BCUT2D eigenvalue weighted by Gasteiger charge is -1.99. The van der Waals surface area contributed by atoms with E-state index in [9.17, 15) is 9.18 Å². The Balaban J connectivity index is 2.06. The lowest BCUT2D eigenvalue weighted by Crippen LogP contribution is -2.03. The van der Waals surface area contributed by atoms with Crippen LogP contribution >= 0.6 is 0 Å². The molecule has 74 valence electrons. The summed E-state index contributed by atoms with van der Waals surface area (Å²) in [5, 5.41) is 0. The zero-order chi connectivity index (χ0) is 10.1. The monoisotopic (exact) mass is 194 g/mol. The highest BCUT2D eigenvalue weighted by molar-refractivity contribution is 5.77. The quantitative estimate of drug-likeness (QED) is 0.674. The topological polar surface area (TPSA) is 26.3 Å². The zero-order valence-electron chi connectivity index (χ0n) is 7.87. The predicted molar refractivity (Wildman–Crippen MR) is 49.3 cm³/mol. The smallest absolute Gasteiger partial charge is 0.309 e. The summed E-state index contributed by atoms with van der Waals surface area (Å²) < 4.78 is 17.2. The van der Waals surface area contributed by atoms with Crippen LogP contribution < -0.4 is 0 Å². The second-order valence-corrected chi connectivity index (χ2v) is 3.52. The molecule has 0 spiro atoms. The fourth-order valence-electron chi connectivity index (χ4n) is 1.69. The van der Waals surface area contributed by atoms with E-state index in [0.717, 1.165) is 12.0 Å². The Hall–Kier alpha value is -1.38. The summed E-state index contributed by atoms with van der Waals surface area (Å²) in [6, 6.07) is 6.29. The van der Waals surface area contributed by atoms with Gasteiger partial charge in [0.25, 0.3) is 0 Å². The SMILES string of the molecule is COC(=O)[C@@H]1C[C@H]1c1ccc(F)cc1. The van der Waals surface area contributed by atoms with Gasteiger partial charge in [0.2, 0.25) is 0 Å². The van der Waals surface area contributed by atoms with E-state index < -0.39 is 0 Å². The summed E-state index contributed by atoms with van der Waals surface area (Å²) in [5.41, 5.74) is 1.02. The van der Waals surface area contributed by atoms with Gasteiger partial charge in [-0.3, -0.25) is 4.79 Å². The molecule has 0 saturated heterocycles. The van der Waals surface area contributed by atoms with Crippen molar-refractivity contribution in [3.05, 3.63) is 35.6 Å². The maximum Gasteiger partial charge on any atom is 0.309 e. The van der Waals surface area contributed by atoms with Crippen molar-refractivity contribution < 1.29 is 13.9 Å². The summed E-state index contributed by atoms with van der Waals surface area (Å²) >= 11 is 0. The number of rotatable bonds is 2. The van der Waals surface area contributed by atoms with E-state index in [4.69, 9.17) is 0 Å². The summed E-state index contributed by atoms with van der Waals surface area (Å²) in [7, 11) is 1.39. The third-order valence-electron chi connectivity index (χ3n) is 2.59. The molecule has 0 radical (unpaired) electrons. The van der Waals surface area contributed by atoms with Crippen LogP contribution in [0.25, 0.3) is 0 Å². The highest BCUT2D eigenvalue weighted by atomic mass is 19.1. The van der Waals surface area contributed by atoms with Crippen molar-refractivity contribution in [3.8, 4) is 0 Å². The Kier molecular flexibility index (Phi) is 2.23. The van der Waals surface area contributed by atoms with Crippen molar-refractivity contribution in [1.82, 2.24) is 0 Å². The molecule has 1 saturated carbocycles. The molecule has 0 bridgehead atoms. The first-order valence-corrected chi connectivity index (χ1v) is 4.55. The van der Waals surface area contributed by atoms with Crippen LogP contribution in [0.2, 0.25) is 0 Å². The molecule has 0 amide bonds. The van der Waals surface area contributed by atoms with Crippen molar-refractivity contribution in [2.75, 3.05) is 7.11 Å². The minimum absolute atomic E-state index is 0.0227. The number of ether oxygens (including phenoxy) is 1. The van der Waals surface area contributed by atoms with Crippen molar-refractivity contribution in [2.45, 2.75) is 12.3 Å². The number of benzene rings is 1. The van der Waals surface area contributed by atoms with Gasteiger partial charge in [0.05, 0.1) is 13.0 Å². The normalized spacial score (nSPS) is 24.4. The molecule has 1 aliphatic rings. The molecule has 14 heavy (non-hydrogen) atoms. The van der Waals surface area contributed by atoms with Gasteiger partial charge in [0, 0.05) is 0 Å². The number of hydrogen-bond acceptors (Lipinski definition) is 2. The Morgan fingerprint density at radius 3 is 2.64 bits per heavy atom. The van der Waals surface area contributed by atoms with Gasteiger partial charge in [-0.05, 0) is 30.0 Å². The van der Waals surface area contributed by atoms with Gasteiger partial charge in [-0.25, -0.2) is 4.39 Å². The van der Waals surface area contributed by atoms with Crippen LogP contribution in [0.4, 0.5) is 4.39 Å². The van der Waals surface area contributed by atoms with Gasteiger partial charge >= 0.3 is 5.97 Å². The lowest BCUT2D eigenvalue weighted by atomic mass is 10.1. The predicted octanol–water partition coefficient (Wildman–Crippen LogP) is 2.10. The number of esters is 1. The molecule has 3 heteroatoms. The molecule has 0 N–H and O–H groups in total. The molecule has 1 fully saturated rings. The van der Waals surface area contributed by atoms with Crippen LogP contribution in [0.3, 0.4) is 0 Å². The third kappa shape index (κ3) is 1.62. The molecule has 2 nitrogen and oxygen atoms in total. The van der Waals surface area contributed by atoms with Crippen molar-refractivity contribution in [2.24, 2.45) is 5.92 Å². The molecule has 2 atom stereocenters. The highest BCUT2D eigenvalue weighted by Gasteiger charge is 2.44. The van der Waals surface area contributed by atoms with Gasteiger partial charge in [-0.15, -0.1) is 0 Å². The van der Waals surface area contributed by atoms with Crippen LogP contribution in [0.15, 0.2) is 24.3 Å². The van der Waals surface area contributed by atoms with Crippen molar-refractivity contribution >= 4 is 5.97 Å². The molecule has 0 aromatic heterocycles. The van der Waals surface area contributed by atoms with E-state index in [1.165, 1.54) is 19.2 Å². The average molecular weight is 194 g/mol. The second-order valence-electron chi connectivity index (χ2n) is 3.52. The Labute approximate surface area is 81.7 Å². The largest absolute Gasteiger partial charge is 0.469 e. The highest BCUT2D eigenvalue weighted by Crippen LogP contribution is 2.47. The second kappa shape index (κ2) is 3.40. The molecule has 1 aromatic rings. The standard InChI is InChI=1S/C11H11FO2/c1-14-11(13)10-6-9(10)7-2-4-8(12)5-3-7/h2-5,9-10H,6H2,1H3/t9-,10+/m0/s1. The first kappa shape index (κ1) is 9.19. The van der Waals surface area contributed by atoms with Crippen LogP contribution in [0.5, 0.6) is 0 Å². The first-order chi connectivity index (χ1) is 6.72. The molecule has 1 aliphatic carbocycles. The average Bonchev–Trinajstić information content (AvgIpc) is 2.98. The summed E-state index contributed by atoms with van der Waals surface area (Å²) in [6.07, 6.45) is 0.818. The molecule has 1 aromatic carbocycles. The fourth-order valence-corrected chi connectivity index (χ4v) is 1.69.